The van der Waals surface area contributed by atoms with Crippen LogP contribution in [0.2, 0.25) is 0 Å². The van der Waals surface area contributed by atoms with Gasteiger partial charge in [0.1, 0.15) is 18.2 Å². The molecule has 8 heteroatoms. The van der Waals surface area contributed by atoms with Gasteiger partial charge < -0.3 is 20.5 Å². The van der Waals surface area contributed by atoms with Crippen LogP contribution in [0.15, 0.2) is 11.8 Å². The zero-order valence-corrected chi connectivity index (χ0v) is 10.4. The molecule has 0 aromatic rings. The highest BCUT2D eigenvalue weighted by molar-refractivity contribution is 5.97. The molecule has 0 atom stereocenters. The summed E-state index contributed by atoms with van der Waals surface area (Å²) in [5, 5.41) is 21.8. The van der Waals surface area contributed by atoms with Crippen molar-refractivity contribution in [3.63, 3.8) is 0 Å². The van der Waals surface area contributed by atoms with Crippen molar-refractivity contribution in [1.82, 2.24) is 10.6 Å². The van der Waals surface area contributed by atoms with Crippen molar-refractivity contribution in [1.29, 1.82) is 5.26 Å². The smallest absolute Gasteiger partial charge is 0.325 e. The van der Waals surface area contributed by atoms with Gasteiger partial charge in [0.2, 0.25) is 0 Å². The summed E-state index contributed by atoms with van der Waals surface area (Å²) < 4.78 is 4.63. The fourth-order valence-corrected chi connectivity index (χ4v) is 0.975. The number of carboxylic acid groups (broad SMARTS) is 1. The summed E-state index contributed by atoms with van der Waals surface area (Å²) in [5.41, 5.74) is -0.255. The van der Waals surface area contributed by atoms with Crippen molar-refractivity contribution >= 4 is 17.8 Å². The van der Waals surface area contributed by atoms with Crippen LogP contribution in [0, 0.1) is 11.3 Å². The largest absolute Gasteiger partial charge is 0.481 e. The Morgan fingerprint density at radius 2 is 2.11 bits per heavy atom. The van der Waals surface area contributed by atoms with Crippen molar-refractivity contribution < 1.29 is 24.2 Å². The number of rotatable bonds is 8. The topological polar surface area (TPSA) is 129 Å². The molecule has 19 heavy (non-hydrogen) atoms. The van der Waals surface area contributed by atoms with Gasteiger partial charge in [-0.15, -0.1) is 0 Å². The number of carbonyl (C=O) groups is 3. The predicted octanol–water partition coefficient (Wildman–Crippen LogP) is -0.863. The number of carboxylic acids is 1. The van der Waals surface area contributed by atoms with Crippen molar-refractivity contribution in [2.75, 3.05) is 19.7 Å². The van der Waals surface area contributed by atoms with Gasteiger partial charge in [0.25, 0.3) is 5.91 Å². The number of nitrogens with zero attached hydrogens (tertiary/aromatic N) is 1. The van der Waals surface area contributed by atoms with E-state index in [1.165, 1.54) is 0 Å². The monoisotopic (exact) mass is 269 g/mol. The molecule has 0 saturated carbocycles. The summed E-state index contributed by atoms with van der Waals surface area (Å²) in [4.78, 5) is 32.6. The minimum atomic E-state index is -1.05. The van der Waals surface area contributed by atoms with Crippen LogP contribution >= 0.6 is 0 Å². The van der Waals surface area contributed by atoms with Gasteiger partial charge in [-0.3, -0.25) is 14.4 Å². The summed E-state index contributed by atoms with van der Waals surface area (Å²) in [6.45, 7) is 1.65. The Morgan fingerprint density at radius 3 is 2.63 bits per heavy atom. The standard InChI is InChI=1S/C11H15N3O5/c1-2-19-10(17)7-13-6-8(5-12)11(18)14-4-3-9(15)16/h6,13H,2-4,7H2,1H3,(H,14,18)(H,15,16)/b8-6-. The molecule has 0 aromatic carbocycles. The highest BCUT2D eigenvalue weighted by atomic mass is 16.5. The maximum absolute atomic E-state index is 11.4. The van der Waals surface area contributed by atoms with Crippen molar-refractivity contribution in [3.8, 4) is 6.07 Å². The van der Waals surface area contributed by atoms with Crippen LogP contribution in [0.1, 0.15) is 13.3 Å². The van der Waals surface area contributed by atoms with Crippen LogP contribution in [0.25, 0.3) is 0 Å². The molecule has 0 fully saturated rings. The van der Waals surface area contributed by atoms with E-state index in [0.29, 0.717) is 0 Å². The highest BCUT2D eigenvalue weighted by Crippen LogP contribution is 1.90. The average molecular weight is 269 g/mol. The minimum Gasteiger partial charge on any atom is -0.481 e. The molecule has 0 heterocycles. The second-order valence-electron chi connectivity index (χ2n) is 3.26. The molecule has 0 bridgehead atoms. The molecule has 0 aliphatic heterocycles. The van der Waals surface area contributed by atoms with E-state index >= 15 is 0 Å². The lowest BCUT2D eigenvalue weighted by atomic mass is 10.3. The van der Waals surface area contributed by atoms with Gasteiger partial charge in [-0.05, 0) is 6.92 Å². The highest BCUT2D eigenvalue weighted by Gasteiger charge is 2.09. The quantitative estimate of drug-likeness (QED) is 0.297. The SMILES string of the molecule is CCOC(=O)CN/C=C(/C#N)C(=O)NCCC(=O)O. The maximum Gasteiger partial charge on any atom is 0.325 e. The number of amides is 1. The Kier molecular flexibility index (Phi) is 8.19. The predicted molar refractivity (Wildman–Crippen MR) is 63.6 cm³/mol. The molecule has 104 valence electrons. The molecular weight excluding hydrogens is 254 g/mol. The molecule has 0 spiro atoms. The first kappa shape index (κ1) is 16.4. The van der Waals surface area contributed by atoms with Crippen LogP contribution in [0.4, 0.5) is 0 Å². The van der Waals surface area contributed by atoms with E-state index in [9.17, 15) is 14.4 Å². The third-order valence-electron chi connectivity index (χ3n) is 1.79. The zero-order chi connectivity index (χ0) is 14.7. The van der Waals surface area contributed by atoms with Gasteiger partial charge >= 0.3 is 11.9 Å². The Hall–Kier alpha value is -2.56. The van der Waals surface area contributed by atoms with Gasteiger partial charge in [0.15, 0.2) is 0 Å². The summed E-state index contributed by atoms with van der Waals surface area (Å²) in [5.74, 6) is -2.27. The third-order valence-corrected chi connectivity index (χ3v) is 1.79. The normalized spacial score (nSPS) is 10.2. The molecule has 0 aliphatic carbocycles. The van der Waals surface area contributed by atoms with E-state index < -0.39 is 17.8 Å². The van der Waals surface area contributed by atoms with Gasteiger partial charge in [-0.25, -0.2) is 0 Å². The molecule has 0 rings (SSSR count). The summed E-state index contributed by atoms with van der Waals surface area (Å²) in [6, 6.07) is 1.63. The number of esters is 1. The second kappa shape index (κ2) is 9.47. The molecule has 0 aliphatic rings. The van der Waals surface area contributed by atoms with Crippen molar-refractivity contribution in [2.24, 2.45) is 0 Å². The van der Waals surface area contributed by atoms with Gasteiger partial charge in [-0.1, -0.05) is 0 Å². The average Bonchev–Trinajstić information content (AvgIpc) is 2.34. The Bertz CT molecular complexity index is 411. The lowest BCUT2D eigenvalue weighted by Gasteiger charge is -2.03. The van der Waals surface area contributed by atoms with Crippen LogP contribution in [0.3, 0.4) is 0 Å². The van der Waals surface area contributed by atoms with Crippen molar-refractivity contribution in [3.05, 3.63) is 11.8 Å². The lowest BCUT2D eigenvalue weighted by molar-refractivity contribution is -0.142. The number of nitriles is 1. The van der Waals surface area contributed by atoms with E-state index in [-0.39, 0.29) is 31.7 Å². The summed E-state index contributed by atoms with van der Waals surface area (Å²) in [7, 11) is 0. The third kappa shape index (κ3) is 8.20. The number of hydrogen-bond acceptors (Lipinski definition) is 6. The van der Waals surface area contributed by atoms with E-state index in [0.717, 1.165) is 6.20 Å². The van der Waals surface area contributed by atoms with Gasteiger partial charge in [0, 0.05) is 12.7 Å². The number of hydrogen-bond donors (Lipinski definition) is 3. The Labute approximate surface area is 110 Å². The fraction of sp³-hybridized carbons (Fsp3) is 0.455. The van der Waals surface area contributed by atoms with E-state index in [2.05, 4.69) is 15.4 Å². The summed E-state index contributed by atoms with van der Waals surface area (Å²) >= 11 is 0. The van der Waals surface area contributed by atoms with E-state index in [4.69, 9.17) is 10.4 Å². The van der Waals surface area contributed by atoms with Crippen LogP contribution < -0.4 is 10.6 Å². The first-order valence-corrected chi connectivity index (χ1v) is 5.50. The first-order valence-electron chi connectivity index (χ1n) is 5.50. The number of ether oxygens (including phenoxy) is 1. The molecular formula is C11H15N3O5. The second-order valence-corrected chi connectivity index (χ2v) is 3.26. The number of aliphatic carboxylic acids is 1. The number of nitrogens with one attached hydrogen (secondary N) is 2. The van der Waals surface area contributed by atoms with E-state index in [1.807, 2.05) is 0 Å². The molecule has 3 N–H and O–H groups in total. The lowest BCUT2D eigenvalue weighted by Crippen LogP contribution is -2.28. The fourth-order valence-electron chi connectivity index (χ4n) is 0.975. The Morgan fingerprint density at radius 1 is 1.42 bits per heavy atom. The van der Waals surface area contributed by atoms with Crippen LogP contribution in [0.5, 0.6) is 0 Å². The van der Waals surface area contributed by atoms with Crippen LogP contribution in [-0.2, 0) is 19.1 Å². The maximum atomic E-state index is 11.4. The van der Waals surface area contributed by atoms with Crippen molar-refractivity contribution in [2.45, 2.75) is 13.3 Å². The molecule has 0 unspecified atom stereocenters. The Balaban J connectivity index is 4.17. The van der Waals surface area contributed by atoms with Gasteiger partial charge in [0.05, 0.1) is 13.0 Å². The number of carbonyl (C=O) groups excluding carboxylic acids is 2. The molecule has 8 nitrogen and oxygen atoms in total. The minimum absolute atomic E-state index is 0.0783. The van der Waals surface area contributed by atoms with Crippen LogP contribution in [-0.4, -0.2) is 42.6 Å². The first-order chi connectivity index (χ1) is 9.01. The summed E-state index contributed by atoms with van der Waals surface area (Å²) in [6.07, 6.45) is 0.841. The van der Waals surface area contributed by atoms with Gasteiger partial charge in [-0.2, -0.15) is 5.26 Å². The molecule has 0 saturated heterocycles. The van der Waals surface area contributed by atoms with E-state index in [1.54, 1.807) is 13.0 Å². The molecule has 0 aromatic heterocycles. The zero-order valence-electron chi connectivity index (χ0n) is 10.4. The molecule has 0 radical (unpaired) electrons. The molecule has 1 amide bonds.